The molecule has 1 N–H and O–H groups in total. The van der Waals surface area contributed by atoms with Crippen molar-refractivity contribution in [1.82, 2.24) is 4.90 Å². The SMILES string of the molecule is CCOC(=O)N1CCc2c(sc(NC(=O)CCc3ccccc3F)c2C#N)C1. The number of halogens is 1. The maximum atomic E-state index is 13.7. The molecular formula is C20H20FN3O3S. The molecule has 0 saturated carbocycles. The lowest BCUT2D eigenvalue weighted by molar-refractivity contribution is -0.116. The average molecular weight is 401 g/mol. The average Bonchev–Trinajstić information content (AvgIpc) is 3.03. The van der Waals surface area contributed by atoms with Crippen molar-refractivity contribution in [3.63, 3.8) is 0 Å². The Kier molecular flexibility index (Phi) is 6.26. The Hall–Kier alpha value is -2.92. The van der Waals surface area contributed by atoms with E-state index in [4.69, 9.17) is 4.74 Å². The number of aryl methyl sites for hydroxylation is 1. The first kappa shape index (κ1) is 19.8. The molecule has 2 aromatic rings. The molecule has 8 heteroatoms. The number of thiophene rings is 1. The number of nitrogens with zero attached hydrogens (tertiary/aromatic N) is 2. The van der Waals surface area contributed by atoms with Gasteiger partial charge < -0.3 is 15.0 Å². The first-order chi connectivity index (χ1) is 13.5. The van der Waals surface area contributed by atoms with E-state index in [2.05, 4.69) is 11.4 Å². The second-order valence-electron chi connectivity index (χ2n) is 6.33. The van der Waals surface area contributed by atoms with Crippen molar-refractivity contribution in [1.29, 1.82) is 5.26 Å². The fourth-order valence-corrected chi connectivity index (χ4v) is 4.35. The number of hydrogen-bond donors (Lipinski definition) is 1. The summed E-state index contributed by atoms with van der Waals surface area (Å²) >= 11 is 1.30. The van der Waals surface area contributed by atoms with Crippen LogP contribution >= 0.6 is 11.3 Å². The van der Waals surface area contributed by atoms with E-state index in [0.29, 0.717) is 42.2 Å². The summed E-state index contributed by atoms with van der Waals surface area (Å²) in [5.74, 6) is -0.612. The normalized spacial score (nSPS) is 12.8. The summed E-state index contributed by atoms with van der Waals surface area (Å²) in [6, 6.07) is 8.51. The summed E-state index contributed by atoms with van der Waals surface area (Å²) in [4.78, 5) is 26.7. The van der Waals surface area contributed by atoms with Gasteiger partial charge in [-0.3, -0.25) is 4.79 Å². The number of ether oxygens (including phenoxy) is 1. The molecule has 0 aliphatic carbocycles. The van der Waals surface area contributed by atoms with Crippen LogP contribution in [0.2, 0.25) is 0 Å². The second kappa shape index (κ2) is 8.85. The summed E-state index contributed by atoms with van der Waals surface area (Å²) in [7, 11) is 0. The quantitative estimate of drug-likeness (QED) is 0.825. The van der Waals surface area contributed by atoms with Crippen LogP contribution in [-0.4, -0.2) is 30.1 Å². The molecule has 0 atom stereocenters. The number of fused-ring (bicyclic) bond motifs is 1. The first-order valence-corrected chi connectivity index (χ1v) is 9.84. The first-order valence-electron chi connectivity index (χ1n) is 9.03. The molecule has 2 amide bonds. The second-order valence-corrected chi connectivity index (χ2v) is 7.43. The molecule has 6 nitrogen and oxygen atoms in total. The number of carbonyl (C=O) groups excluding carboxylic acids is 2. The highest BCUT2D eigenvalue weighted by molar-refractivity contribution is 7.16. The Bertz CT molecular complexity index is 935. The maximum Gasteiger partial charge on any atom is 0.410 e. The Morgan fingerprint density at radius 1 is 1.39 bits per heavy atom. The number of benzene rings is 1. The molecule has 0 saturated heterocycles. The predicted molar refractivity (Wildman–Crippen MR) is 104 cm³/mol. The smallest absolute Gasteiger partial charge is 0.410 e. The van der Waals surface area contributed by atoms with E-state index in [0.717, 1.165) is 10.4 Å². The Balaban J connectivity index is 1.68. The van der Waals surface area contributed by atoms with Crippen LogP contribution in [0.4, 0.5) is 14.2 Å². The van der Waals surface area contributed by atoms with E-state index in [1.54, 1.807) is 30.0 Å². The van der Waals surface area contributed by atoms with E-state index in [-0.39, 0.29) is 30.7 Å². The van der Waals surface area contributed by atoms with E-state index in [1.165, 1.54) is 17.4 Å². The zero-order chi connectivity index (χ0) is 20.1. The number of carbonyl (C=O) groups is 2. The lowest BCUT2D eigenvalue weighted by atomic mass is 10.0. The zero-order valence-corrected chi connectivity index (χ0v) is 16.3. The van der Waals surface area contributed by atoms with Crippen LogP contribution < -0.4 is 5.32 Å². The van der Waals surface area contributed by atoms with Crippen LogP contribution in [0.3, 0.4) is 0 Å². The number of amides is 2. The van der Waals surface area contributed by atoms with E-state index >= 15 is 0 Å². The lowest BCUT2D eigenvalue weighted by Gasteiger charge is -2.25. The van der Waals surface area contributed by atoms with Crippen molar-refractivity contribution in [2.24, 2.45) is 0 Å². The molecule has 0 radical (unpaired) electrons. The molecule has 0 spiro atoms. The van der Waals surface area contributed by atoms with Crippen molar-refractivity contribution >= 4 is 28.3 Å². The van der Waals surface area contributed by atoms with Crippen molar-refractivity contribution in [3.8, 4) is 6.07 Å². The third kappa shape index (κ3) is 4.31. The molecule has 1 aliphatic heterocycles. The lowest BCUT2D eigenvalue weighted by Crippen LogP contribution is -2.35. The van der Waals surface area contributed by atoms with Crippen LogP contribution in [-0.2, 0) is 28.9 Å². The summed E-state index contributed by atoms with van der Waals surface area (Å²) in [5.41, 5.74) is 1.80. The van der Waals surface area contributed by atoms with Gasteiger partial charge in [-0.2, -0.15) is 5.26 Å². The molecule has 0 unspecified atom stereocenters. The number of rotatable bonds is 5. The highest BCUT2D eigenvalue weighted by Crippen LogP contribution is 2.36. The fraction of sp³-hybridized carbons (Fsp3) is 0.350. The third-order valence-corrected chi connectivity index (χ3v) is 5.66. The van der Waals surface area contributed by atoms with Crippen LogP contribution in [0.25, 0.3) is 0 Å². The van der Waals surface area contributed by atoms with E-state index in [9.17, 15) is 19.2 Å². The van der Waals surface area contributed by atoms with Crippen LogP contribution in [0, 0.1) is 17.1 Å². The van der Waals surface area contributed by atoms with E-state index in [1.807, 2.05) is 0 Å². The molecule has 0 fully saturated rings. The number of nitrogens with one attached hydrogen (secondary N) is 1. The predicted octanol–water partition coefficient (Wildman–Crippen LogP) is 3.84. The van der Waals surface area contributed by atoms with Crippen LogP contribution in [0.1, 0.15) is 34.9 Å². The van der Waals surface area contributed by atoms with Crippen molar-refractivity contribution < 1.29 is 18.7 Å². The van der Waals surface area contributed by atoms with Gasteiger partial charge >= 0.3 is 6.09 Å². The van der Waals surface area contributed by atoms with Crippen molar-refractivity contribution in [3.05, 3.63) is 51.7 Å². The molecule has 3 rings (SSSR count). The van der Waals surface area contributed by atoms with Crippen LogP contribution in [0.15, 0.2) is 24.3 Å². The third-order valence-electron chi connectivity index (χ3n) is 4.53. The molecule has 1 aromatic heterocycles. The van der Waals surface area contributed by atoms with Gasteiger partial charge in [0.25, 0.3) is 0 Å². The topological polar surface area (TPSA) is 82.4 Å². The Labute approximate surface area is 166 Å². The minimum Gasteiger partial charge on any atom is -0.450 e. The number of hydrogen-bond acceptors (Lipinski definition) is 5. The number of nitriles is 1. The molecule has 146 valence electrons. The Morgan fingerprint density at radius 2 is 2.18 bits per heavy atom. The monoisotopic (exact) mass is 401 g/mol. The van der Waals surface area contributed by atoms with Crippen molar-refractivity contribution in [2.45, 2.75) is 32.7 Å². The zero-order valence-electron chi connectivity index (χ0n) is 15.5. The van der Waals surface area contributed by atoms with Gasteiger partial charge in [0, 0.05) is 17.8 Å². The minimum atomic E-state index is -0.379. The fourth-order valence-electron chi connectivity index (χ4n) is 3.12. The largest absolute Gasteiger partial charge is 0.450 e. The van der Waals surface area contributed by atoms with Gasteiger partial charge in [-0.25, -0.2) is 9.18 Å². The Morgan fingerprint density at radius 3 is 2.89 bits per heavy atom. The molecule has 1 aliphatic rings. The summed E-state index contributed by atoms with van der Waals surface area (Å²) in [5, 5.41) is 12.8. The van der Waals surface area contributed by atoms with E-state index < -0.39 is 0 Å². The summed E-state index contributed by atoms with van der Waals surface area (Å²) < 4.78 is 18.7. The minimum absolute atomic E-state index is 0.114. The molecule has 1 aromatic carbocycles. The van der Waals surface area contributed by atoms with Gasteiger partial charge in [-0.1, -0.05) is 18.2 Å². The maximum absolute atomic E-state index is 13.7. The van der Waals surface area contributed by atoms with Gasteiger partial charge in [-0.15, -0.1) is 11.3 Å². The molecular weight excluding hydrogens is 381 g/mol. The molecule has 28 heavy (non-hydrogen) atoms. The van der Waals surface area contributed by atoms with Gasteiger partial charge in [0.2, 0.25) is 5.91 Å². The van der Waals surface area contributed by atoms with Gasteiger partial charge in [0.1, 0.15) is 16.9 Å². The highest BCUT2D eigenvalue weighted by Gasteiger charge is 2.28. The molecule has 0 bridgehead atoms. The summed E-state index contributed by atoms with van der Waals surface area (Å²) in [6.45, 7) is 2.89. The van der Waals surface area contributed by atoms with Gasteiger partial charge in [0.15, 0.2) is 0 Å². The van der Waals surface area contributed by atoms with Gasteiger partial charge in [0.05, 0.1) is 18.7 Å². The standard InChI is InChI=1S/C20H20FN3O3S/c1-2-27-20(26)24-10-9-14-15(11-22)19(28-17(14)12-24)23-18(25)8-7-13-5-3-4-6-16(13)21/h3-6H,2,7-10,12H2,1H3,(H,23,25). The molecule has 2 heterocycles. The van der Waals surface area contributed by atoms with Crippen molar-refractivity contribution in [2.75, 3.05) is 18.5 Å². The van der Waals surface area contributed by atoms with Crippen LogP contribution in [0.5, 0.6) is 0 Å². The summed E-state index contributed by atoms with van der Waals surface area (Å²) in [6.07, 6.45) is 0.555. The number of anilines is 1. The van der Waals surface area contributed by atoms with Gasteiger partial charge in [-0.05, 0) is 37.0 Å². The highest BCUT2D eigenvalue weighted by atomic mass is 32.1.